The Morgan fingerprint density at radius 3 is 2.49 bits per heavy atom. The number of hydrogen-bond acceptors (Lipinski definition) is 8. The fourth-order valence-corrected chi connectivity index (χ4v) is 5.05. The molecule has 2 aliphatic rings. The maximum Gasteiger partial charge on any atom is 0.268 e. The number of amides is 2. The number of likely N-dealkylation sites (N-methyl/N-ethyl adjacent to an activating group) is 1. The van der Waals surface area contributed by atoms with E-state index in [9.17, 15) is 23.2 Å². The van der Waals surface area contributed by atoms with Crippen molar-refractivity contribution in [2.24, 2.45) is 0 Å². The van der Waals surface area contributed by atoms with Crippen molar-refractivity contribution >= 4 is 34.7 Å². The lowest BCUT2D eigenvalue weighted by Gasteiger charge is -2.35. The van der Waals surface area contributed by atoms with Gasteiger partial charge in [0, 0.05) is 75.4 Å². The van der Waals surface area contributed by atoms with E-state index in [0.29, 0.717) is 12.0 Å². The van der Waals surface area contributed by atoms with Crippen molar-refractivity contribution in [1.29, 1.82) is 5.26 Å². The molecule has 2 saturated heterocycles. The molecule has 3 heterocycles. The smallest absolute Gasteiger partial charge is 0.268 e. The lowest BCUT2D eigenvalue weighted by atomic mass is 10.1. The number of aldehydes is 1. The zero-order chi connectivity index (χ0) is 32.0. The first kappa shape index (κ1) is 35.5. The molecule has 0 aliphatic carbocycles. The molecular formula is C31H45F2N7O3. The van der Waals surface area contributed by atoms with Gasteiger partial charge in [-0.15, -0.1) is 0 Å². The van der Waals surface area contributed by atoms with Crippen LogP contribution in [0.25, 0.3) is 10.9 Å². The molecule has 2 fully saturated rings. The van der Waals surface area contributed by atoms with Gasteiger partial charge in [-0.25, -0.2) is 8.78 Å². The van der Waals surface area contributed by atoms with Crippen LogP contribution >= 0.6 is 0 Å². The van der Waals surface area contributed by atoms with Crippen LogP contribution in [0.4, 0.5) is 14.5 Å². The molecule has 12 heteroatoms. The van der Waals surface area contributed by atoms with Gasteiger partial charge in [0.05, 0.1) is 24.7 Å². The number of likely N-dealkylation sites (tertiary alicyclic amines) is 1. The van der Waals surface area contributed by atoms with Gasteiger partial charge in [0.2, 0.25) is 11.8 Å². The van der Waals surface area contributed by atoms with Gasteiger partial charge in [0.15, 0.2) is 6.29 Å². The molecule has 0 bridgehead atoms. The van der Waals surface area contributed by atoms with Crippen LogP contribution in [0.5, 0.6) is 0 Å². The summed E-state index contributed by atoms with van der Waals surface area (Å²) in [6.07, 6.45) is 3.65. The quantitative estimate of drug-likeness (QED) is 0.435. The van der Waals surface area contributed by atoms with Crippen LogP contribution in [0.2, 0.25) is 0 Å². The van der Waals surface area contributed by atoms with Gasteiger partial charge < -0.3 is 20.0 Å². The molecule has 2 amide bonds. The second-order valence-corrected chi connectivity index (χ2v) is 10.3. The van der Waals surface area contributed by atoms with E-state index in [1.165, 1.54) is 0 Å². The second kappa shape index (κ2) is 17.4. The Morgan fingerprint density at radius 1 is 1.19 bits per heavy atom. The van der Waals surface area contributed by atoms with E-state index < -0.39 is 30.8 Å². The van der Waals surface area contributed by atoms with Gasteiger partial charge in [-0.05, 0) is 44.3 Å². The fourth-order valence-electron chi connectivity index (χ4n) is 5.05. The molecule has 1 aromatic heterocycles. The number of fused-ring (bicyclic) bond motifs is 1. The number of carbonyl (C=O) groups is 3. The van der Waals surface area contributed by atoms with Crippen LogP contribution in [0.15, 0.2) is 30.5 Å². The van der Waals surface area contributed by atoms with E-state index in [4.69, 9.17) is 5.26 Å². The third-order valence-corrected chi connectivity index (χ3v) is 7.39. The fraction of sp³-hybridized carbons (Fsp3) is 0.581. The molecule has 236 valence electrons. The van der Waals surface area contributed by atoms with Crippen molar-refractivity contribution in [3.05, 3.63) is 36.0 Å². The minimum atomic E-state index is -2.93. The SMILES string of the molecule is CC.CCC(=O)N1CCN(CCCN(C)c2ccc3nccc(C=O)c3c2)CC1.CNCC(=O)N1CC(F)(F)CC1C#N. The van der Waals surface area contributed by atoms with Crippen LogP contribution in [-0.2, 0) is 9.59 Å². The Balaban J connectivity index is 0.000000340. The van der Waals surface area contributed by atoms with E-state index >= 15 is 0 Å². The Bertz CT molecular complexity index is 1250. The zero-order valence-electron chi connectivity index (χ0n) is 26.0. The Morgan fingerprint density at radius 2 is 1.88 bits per heavy atom. The highest BCUT2D eigenvalue weighted by atomic mass is 19.3. The number of hydrogen-bond donors (Lipinski definition) is 1. The van der Waals surface area contributed by atoms with Crippen LogP contribution in [0.3, 0.4) is 0 Å². The van der Waals surface area contributed by atoms with Crippen LogP contribution in [0.1, 0.15) is 50.4 Å². The molecule has 0 saturated carbocycles. The van der Waals surface area contributed by atoms with Crippen molar-refractivity contribution in [3.8, 4) is 6.07 Å². The van der Waals surface area contributed by atoms with Crippen molar-refractivity contribution in [3.63, 3.8) is 0 Å². The normalized spacial score (nSPS) is 17.7. The Labute approximate surface area is 253 Å². The number of nitriles is 1. The van der Waals surface area contributed by atoms with E-state index in [-0.39, 0.29) is 12.5 Å². The van der Waals surface area contributed by atoms with Crippen molar-refractivity contribution in [1.82, 2.24) is 25.0 Å². The van der Waals surface area contributed by atoms with Crippen LogP contribution < -0.4 is 10.2 Å². The van der Waals surface area contributed by atoms with Crippen molar-refractivity contribution in [2.45, 2.75) is 52.0 Å². The number of anilines is 1. The van der Waals surface area contributed by atoms with E-state index in [0.717, 1.165) is 73.5 Å². The third kappa shape index (κ3) is 10.2. The first-order chi connectivity index (χ1) is 20.6. The maximum atomic E-state index is 12.9. The lowest BCUT2D eigenvalue weighted by Crippen LogP contribution is -2.48. The maximum absolute atomic E-state index is 12.9. The minimum absolute atomic E-state index is 0.0196. The number of pyridine rings is 1. The van der Waals surface area contributed by atoms with E-state index in [1.807, 2.05) is 37.8 Å². The topological polar surface area (TPSA) is 113 Å². The highest BCUT2D eigenvalue weighted by Gasteiger charge is 2.46. The third-order valence-electron chi connectivity index (χ3n) is 7.39. The molecule has 10 nitrogen and oxygen atoms in total. The molecule has 0 spiro atoms. The number of halogens is 2. The molecule has 1 N–H and O–H groups in total. The summed E-state index contributed by atoms with van der Waals surface area (Å²) in [5.41, 5.74) is 2.61. The average molecular weight is 602 g/mol. The monoisotopic (exact) mass is 601 g/mol. The first-order valence-electron chi connectivity index (χ1n) is 14.9. The average Bonchev–Trinajstić information content (AvgIpc) is 3.36. The molecule has 2 aromatic rings. The standard InChI is InChI=1S/C21H28N4O2.C8H11F2N3O.C2H6/c1-3-21(27)25-13-11-24(12-14-25)10-4-9-23(2)18-5-6-20-19(15-18)17(16-26)7-8-22-20;1-12-4-7(14)13-5-8(9,10)2-6(13)3-11;1-2/h5-8,15-16H,3-4,9-14H2,1-2H3;6,12H,2,4-5H2,1H3;1-2H3. The number of nitrogens with zero attached hydrogens (tertiary/aromatic N) is 6. The summed E-state index contributed by atoms with van der Waals surface area (Å²) in [5, 5.41) is 12.1. The van der Waals surface area contributed by atoms with Gasteiger partial charge in [0.1, 0.15) is 6.04 Å². The number of nitrogens with one attached hydrogen (secondary N) is 1. The molecule has 1 unspecified atom stereocenters. The summed E-state index contributed by atoms with van der Waals surface area (Å²) < 4.78 is 25.7. The summed E-state index contributed by atoms with van der Waals surface area (Å²) in [4.78, 5) is 46.2. The summed E-state index contributed by atoms with van der Waals surface area (Å²) in [6, 6.07) is 8.53. The summed E-state index contributed by atoms with van der Waals surface area (Å²) in [5.74, 6) is -3.13. The number of piperazine rings is 1. The summed E-state index contributed by atoms with van der Waals surface area (Å²) >= 11 is 0. The van der Waals surface area contributed by atoms with E-state index in [1.54, 1.807) is 25.4 Å². The van der Waals surface area contributed by atoms with Gasteiger partial charge in [-0.1, -0.05) is 20.8 Å². The van der Waals surface area contributed by atoms with E-state index in [2.05, 4.69) is 33.2 Å². The number of alkyl halides is 2. The van der Waals surface area contributed by atoms with Crippen LogP contribution in [-0.4, -0.2) is 116 Å². The highest BCUT2D eigenvalue weighted by Crippen LogP contribution is 2.31. The van der Waals surface area contributed by atoms with Gasteiger partial charge in [-0.3, -0.25) is 24.3 Å². The summed E-state index contributed by atoms with van der Waals surface area (Å²) in [7, 11) is 3.63. The first-order valence-corrected chi connectivity index (χ1v) is 14.9. The van der Waals surface area contributed by atoms with Crippen molar-refractivity contribution < 1.29 is 23.2 Å². The molecule has 4 rings (SSSR count). The van der Waals surface area contributed by atoms with Gasteiger partial charge in [0.25, 0.3) is 5.92 Å². The molecule has 1 aromatic carbocycles. The molecule has 43 heavy (non-hydrogen) atoms. The number of rotatable bonds is 9. The molecular weight excluding hydrogens is 556 g/mol. The lowest BCUT2D eigenvalue weighted by molar-refractivity contribution is -0.132. The Hall–Kier alpha value is -3.69. The number of benzene rings is 1. The number of aromatic nitrogens is 1. The number of carbonyl (C=O) groups excluding carboxylic acids is 3. The Kier molecular flexibility index (Phi) is 14.4. The zero-order valence-corrected chi connectivity index (χ0v) is 26.0. The molecule has 1 atom stereocenters. The van der Waals surface area contributed by atoms with Gasteiger partial charge in [-0.2, -0.15) is 5.26 Å². The van der Waals surface area contributed by atoms with Crippen molar-refractivity contribution in [2.75, 3.05) is 71.4 Å². The molecule has 2 aliphatic heterocycles. The minimum Gasteiger partial charge on any atom is -0.375 e. The largest absolute Gasteiger partial charge is 0.375 e. The summed E-state index contributed by atoms with van der Waals surface area (Å²) in [6.45, 7) is 10.8. The predicted molar refractivity (Wildman–Crippen MR) is 164 cm³/mol. The van der Waals surface area contributed by atoms with Gasteiger partial charge >= 0.3 is 0 Å². The predicted octanol–water partition coefficient (Wildman–Crippen LogP) is 3.42. The highest BCUT2D eigenvalue weighted by molar-refractivity contribution is 5.97. The molecule has 0 radical (unpaired) electrons. The van der Waals surface area contributed by atoms with Crippen LogP contribution in [0, 0.1) is 11.3 Å². The second-order valence-electron chi connectivity index (χ2n) is 10.3.